The quantitative estimate of drug-likeness (QED) is 0.566. The van der Waals surface area contributed by atoms with Gasteiger partial charge in [0, 0.05) is 34.0 Å². The van der Waals surface area contributed by atoms with Crippen molar-refractivity contribution in [2.45, 2.75) is 0 Å². The van der Waals surface area contributed by atoms with Crippen molar-refractivity contribution in [2.75, 3.05) is 0 Å². The predicted molar refractivity (Wildman–Crippen MR) is 67.9 cm³/mol. The predicted octanol–water partition coefficient (Wildman–Crippen LogP) is 3.46. The normalized spacial score (nSPS) is 10.0. The Bertz CT molecular complexity index is 717. The van der Waals surface area contributed by atoms with Gasteiger partial charge in [0.25, 0.3) is 0 Å². The number of hydrogen-bond acceptors (Lipinski definition) is 2. The van der Waals surface area contributed by atoms with Gasteiger partial charge in [-0.15, -0.1) is 0 Å². The molecule has 2 nitrogen and oxygen atoms in total. The number of hydrogen-bond donors (Lipinski definition) is 0. The van der Waals surface area contributed by atoms with E-state index in [2.05, 4.69) is 0 Å². The molecule has 18 heavy (non-hydrogen) atoms. The maximum atomic E-state index is 11.9. The maximum absolute atomic E-state index is 11.9. The minimum atomic E-state index is -0.00861. The molecule has 93 valence electrons. The van der Waals surface area contributed by atoms with E-state index in [0.29, 0.717) is 16.7 Å². The SMILES string of the molecule is O=c1cc(-c2ccccc2)oc2ccccc12.[Au]. The van der Waals surface area contributed by atoms with Crippen LogP contribution in [0.1, 0.15) is 0 Å². The minimum Gasteiger partial charge on any atom is -0.456 e. The van der Waals surface area contributed by atoms with Crippen molar-refractivity contribution in [3.63, 3.8) is 0 Å². The summed E-state index contributed by atoms with van der Waals surface area (Å²) < 4.78 is 5.73. The number of para-hydroxylation sites is 1. The second-order valence-corrected chi connectivity index (χ2v) is 3.84. The number of benzene rings is 2. The fourth-order valence-electron chi connectivity index (χ4n) is 1.85. The van der Waals surface area contributed by atoms with Crippen molar-refractivity contribution in [3.8, 4) is 11.3 Å². The molecule has 1 aromatic heterocycles. The smallest absolute Gasteiger partial charge is 0.193 e. The Morgan fingerprint density at radius 1 is 0.833 bits per heavy atom. The standard InChI is InChI=1S/C15H10O2.Au/c16-13-10-15(11-6-2-1-3-7-11)17-14-9-5-4-8-12(13)14;/h1-10H;. The molecule has 0 spiro atoms. The van der Waals surface area contributed by atoms with E-state index in [9.17, 15) is 4.79 Å². The second kappa shape index (κ2) is 5.36. The van der Waals surface area contributed by atoms with Gasteiger partial charge in [0.15, 0.2) is 5.43 Å². The molecule has 2 aromatic carbocycles. The first-order valence-electron chi connectivity index (χ1n) is 5.43. The monoisotopic (exact) mass is 419 g/mol. The summed E-state index contributed by atoms with van der Waals surface area (Å²) in [6, 6.07) is 18.4. The average molecular weight is 419 g/mol. The van der Waals surface area contributed by atoms with Crippen molar-refractivity contribution in [1.29, 1.82) is 0 Å². The van der Waals surface area contributed by atoms with Gasteiger partial charge in [-0.1, -0.05) is 42.5 Å². The van der Waals surface area contributed by atoms with Crippen molar-refractivity contribution in [2.24, 2.45) is 0 Å². The Kier molecular flexibility index (Phi) is 3.82. The largest absolute Gasteiger partial charge is 0.456 e. The van der Waals surface area contributed by atoms with Crippen molar-refractivity contribution in [1.82, 2.24) is 0 Å². The van der Waals surface area contributed by atoms with Crippen LogP contribution in [-0.4, -0.2) is 0 Å². The maximum Gasteiger partial charge on any atom is 0.193 e. The van der Waals surface area contributed by atoms with Crippen LogP contribution in [0.15, 0.2) is 69.9 Å². The molecule has 0 N–H and O–H groups in total. The van der Waals surface area contributed by atoms with Gasteiger partial charge in [-0.05, 0) is 12.1 Å². The number of fused-ring (bicyclic) bond motifs is 1. The van der Waals surface area contributed by atoms with Gasteiger partial charge in [0.2, 0.25) is 0 Å². The minimum absolute atomic E-state index is 0. The Hall–Kier alpha value is -1.61. The van der Waals surface area contributed by atoms with E-state index in [0.717, 1.165) is 5.56 Å². The molecule has 0 bridgehead atoms. The first kappa shape index (κ1) is 12.8. The molecule has 0 saturated heterocycles. The Morgan fingerprint density at radius 2 is 1.50 bits per heavy atom. The van der Waals surface area contributed by atoms with E-state index >= 15 is 0 Å². The summed E-state index contributed by atoms with van der Waals surface area (Å²) in [6.45, 7) is 0. The van der Waals surface area contributed by atoms with Gasteiger partial charge in [-0.2, -0.15) is 0 Å². The molecule has 0 aliphatic carbocycles. The zero-order valence-electron chi connectivity index (χ0n) is 9.39. The van der Waals surface area contributed by atoms with E-state index in [-0.39, 0.29) is 27.8 Å². The molecule has 3 rings (SSSR count). The van der Waals surface area contributed by atoms with Crippen molar-refractivity contribution in [3.05, 3.63) is 70.9 Å². The third kappa shape index (κ3) is 2.31. The molecule has 0 atom stereocenters. The van der Waals surface area contributed by atoms with Gasteiger partial charge < -0.3 is 4.42 Å². The van der Waals surface area contributed by atoms with E-state index in [1.165, 1.54) is 6.07 Å². The molecule has 0 fully saturated rings. The average Bonchev–Trinajstić information content (AvgIpc) is 2.40. The summed E-state index contributed by atoms with van der Waals surface area (Å²) in [5.41, 5.74) is 1.53. The summed E-state index contributed by atoms with van der Waals surface area (Å²) in [4.78, 5) is 11.9. The zero-order chi connectivity index (χ0) is 11.7. The fourth-order valence-corrected chi connectivity index (χ4v) is 1.85. The first-order chi connectivity index (χ1) is 8.34. The number of rotatable bonds is 1. The molecule has 0 aliphatic heterocycles. The van der Waals surface area contributed by atoms with Crippen LogP contribution in [0.3, 0.4) is 0 Å². The van der Waals surface area contributed by atoms with Crippen LogP contribution in [-0.2, 0) is 22.4 Å². The summed E-state index contributed by atoms with van der Waals surface area (Å²) in [7, 11) is 0. The van der Waals surface area contributed by atoms with Crippen LogP contribution in [0, 0.1) is 0 Å². The summed E-state index contributed by atoms with van der Waals surface area (Å²) >= 11 is 0. The molecule has 3 heteroatoms. The van der Waals surface area contributed by atoms with Crippen LogP contribution < -0.4 is 5.43 Å². The van der Waals surface area contributed by atoms with Crippen LogP contribution in [0.4, 0.5) is 0 Å². The van der Waals surface area contributed by atoms with E-state index in [4.69, 9.17) is 4.42 Å². The molecule has 0 aliphatic rings. The Morgan fingerprint density at radius 3 is 2.28 bits per heavy atom. The fraction of sp³-hybridized carbons (Fsp3) is 0. The third-order valence-corrected chi connectivity index (χ3v) is 2.69. The molecule has 0 saturated carbocycles. The van der Waals surface area contributed by atoms with Gasteiger partial charge in [-0.25, -0.2) is 0 Å². The molecule has 1 radical (unpaired) electrons. The van der Waals surface area contributed by atoms with Crippen molar-refractivity contribution >= 4 is 11.0 Å². The van der Waals surface area contributed by atoms with E-state index in [1.54, 1.807) is 6.07 Å². The molecular weight excluding hydrogens is 409 g/mol. The topological polar surface area (TPSA) is 30.2 Å². The summed E-state index contributed by atoms with van der Waals surface area (Å²) in [5, 5.41) is 0.618. The molecule has 0 amide bonds. The van der Waals surface area contributed by atoms with E-state index in [1.807, 2.05) is 48.5 Å². The van der Waals surface area contributed by atoms with E-state index < -0.39 is 0 Å². The van der Waals surface area contributed by atoms with Crippen LogP contribution >= 0.6 is 0 Å². The van der Waals surface area contributed by atoms with Crippen LogP contribution in [0.25, 0.3) is 22.3 Å². The summed E-state index contributed by atoms with van der Waals surface area (Å²) in [5.74, 6) is 0.606. The molecule has 1 heterocycles. The third-order valence-electron chi connectivity index (χ3n) is 2.69. The Labute approximate surface area is 120 Å². The second-order valence-electron chi connectivity index (χ2n) is 3.84. The van der Waals surface area contributed by atoms with Crippen LogP contribution in [0.2, 0.25) is 0 Å². The molecule has 0 unspecified atom stereocenters. The van der Waals surface area contributed by atoms with Gasteiger partial charge in [0.05, 0.1) is 5.39 Å². The first-order valence-corrected chi connectivity index (χ1v) is 5.43. The van der Waals surface area contributed by atoms with Gasteiger partial charge >= 0.3 is 0 Å². The zero-order valence-corrected chi connectivity index (χ0v) is 11.6. The van der Waals surface area contributed by atoms with Crippen molar-refractivity contribution < 1.29 is 26.8 Å². The van der Waals surface area contributed by atoms with Gasteiger partial charge in [-0.3, -0.25) is 4.79 Å². The molecular formula is C15H10AuO2. The molecule has 3 aromatic rings. The van der Waals surface area contributed by atoms with Crippen LogP contribution in [0.5, 0.6) is 0 Å². The van der Waals surface area contributed by atoms with Gasteiger partial charge in [0.1, 0.15) is 11.3 Å². The summed E-state index contributed by atoms with van der Waals surface area (Å²) in [6.07, 6.45) is 0. The Balaban J connectivity index is 0.00000120.